The van der Waals surface area contributed by atoms with E-state index in [1.54, 1.807) is 0 Å². The molecule has 0 aliphatic carbocycles. The summed E-state index contributed by atoms with van der Waals surface area (Å²) in [5, 5.41) is 0. The molecule has 0 rings (SSSR count). The molecule has 0 saturated heterocycles. The van der Waals surface area contributed by atoms with Crippen LogP contribution >= 0.6 is 11.6 Å². The number of carbonyl (C=O) groups is 1. The molecule has 0 aromatic heterocycles. The molecule has 0 aliphatic rings. The average molecular weight is 207 g/mol. The topological polar surface area (TPSA) is 26.3 Å². The van der Waals surface area contributed by atoms with E-state index in [-0.39, 0.29) is 6.10 Å². The zero-order valence-electron chi connectivity index (χ0n) is 9.00. The quantitative estimate of drug-likeness (QED) is 0.656. The first-order valence-electron chi connectivity index (χ1n) is 4.72. The van der Waals surface area contributed by atoms with Crippen molar-refractivity contribution in [2.45, 2.75) is 40.7 Å². The lowest BCUT2D eigenvalue weighted by Gasteiger charge is -2.28. The molecule has 0 saturated carbocycles. The Morgan fingerprint density at radius 3 is 1.77 bits per heavy atom. The van der Waals surface area contributed by atoms with E-state index in [0.29, 0.717) is 17.8 Å². The van der Waals surface area contributed by atoms with Gasteiger partial charge in [0, 0.05) is 11.6 Å². The molecule has 0 aromatic carbocycles. The number of carbonyl (C=O) groups excluding carboxylic acids is 1. The molecule has 0 amide bonds. The van der Waals surface area contributed by atoms with E-state index in [9.17, 15) is 4.79 Å². The summed E-state index contributed by atoms with van der Waals surface area (Å²) < 4.78 is 5.06. The van der Waals surface area contributed by atoms with Crippen LogP contribution in [-0.4, -0.2) is 11.5 Å². The van der Waals surface area contributed by atoms with Gasteiger partial charge in [0.25, 0.3) is 0 Å². The first kappa shape index (κ1) is 12.8. The van der Waals surface area contributed by atoms with E-state index in [1.165, 1.54) is 0 Å². The van der Waals surface area contributed by atoms with Crippen molar-refractivity contribution in [3.8, 4) is 0 Å². The SMILES string of the molecule is CC(C)C(C)C(OC(=O)Cl)C(C)C. The number of hydrogen-bond donors (Lipinski definition) is 0. The largest absolute Gasteiger partial charge is 0.450 e. The highest BCUT2D eigenvalue weighted by atomic mass is 35.5. The van der Waals surface area contributed by atoms with Crippen molar-refractivity contribution in [2.75, 3.05) is 0 Å². The Morgan fingerprint density at radius 2 is 1.54 bits per heavy atom. The Hall–Kier alpha value is -0.240. The zero-order chi connectivity index (χ0) is 10.6. The van der Waals surface area contributed by atoms with Crippen molar-refractivity contribution >= 4 is 17.0 Å². The molecule has 0 N–H and O–H groups in total. The number of hydrogen-bond acceptors (Lipinski definition) is 2. The second kappa shape index (κ2) is 5.48. The Balaban J connectivity index is 4.32. The van der Waals surface area contributed by atoms with Crippen molar-refractivity contribution in [1.29, 1.82) is 0 Å². The fourth-order valence-electron chi connectivity index (χ4n) is 1.34. The molecular weight excluding hydrogens is 188 g/mol. The van der Waals surface area contributed by atoms with Crippen LogP contribution < -0.4 is 0 Å². The van der Waals surface area contributed by atoms with E-state index in [0.717, 1.165) is 0 Å². The third-order valence-corrected chi connectivity index (χ3v) is 2.54. The Labute approximate surface area is 85.6 Å². The second-order valence-corrected chi connectivity index (χ2v) is 4.48. The molecule has 2 atom stereocenters. The summed E-state index contributed by atoms with van der Waals surface area (Å²) in [6, 6.07) is 0. The van der Waals surface area contributed by atoms with Crippen LogP contribution in [0.25, 0.3) is 0 Å². The molecule has 0 bridgehead atoms. The van der Waals surface area contributed by atoms with Gasteiger partial charge in [-0.05, 0) is 17.8 Å². The van der Waals surface area contributed by atoms with Gasteiger partial charge in [-0.15, -0.1) is 0 Å². The van der Waals surface area contributed by atoms with E-state index in [2.05, 4.69) is 20.8 Å². The molecule has 13 heavy (non-hydrogen) atoms. The monoisotopic (exact) mass is 206 g/mol. The predicted molar refractivity (Wildman–Crippen MR) is 55.0 cm³/mol. The third kappa shape index (κ3) is 4.51. The van der Waals surface area contributed by atoms with E-state index in [1.807, 2.05) is 13.8 Å². The molecule has 78 valence electrons. The molecule has 0 aliphatic heterocycles. The van der Waals surface area contributed by atoms with E-state index < -0.39 is 5.43 Å². The summed E-state index contributed by atoms with van der Waals surface area (Å²) in [5.74, 6) is 1.13. The highest BCUT2D eigenvalue weighted by Gasteiger charge is 2.26. The van der Waals surface area contributed by atoms with Gasteiger partial charge in [-0.2, -0.15) is 0 Å². The lowest BCUT2D eigenvalue weighted by atomic mass is 9.86. The van der Waals surface area contributed by atoms with Gasteiger partial charge in [-0.3, -0.25) is 0 Å². The van der Waals surface area contributed by atoms with Crippen molar-refractivity contribution < 1.29 is 9.53 Å². The van der Waals surface area contributed by atoms with Crippen LogP contribution in [0.3, 0.4) is 0 Å². The van der Waals surface area contributed by atoms with Gasteiger partial charge in [0.05, 0.1) is 0 Å². The average Bonchev–Trinajstić information content (AvgIpc) is 1.97. The highest BCUT2D eigenvalue weighted by Crippen LogP contribution is 2.24. The molecule has 0 radical (unpaired) electrons. The summed E-state index contributed by atoms with van der Waals surface area (Å²) in [6.45, 7) is 10.4. The minimum atomic E-state index is -0.703. The van der Waals surface area contributed by atoms with Crippen LogP contribution in [0, 0.1) is 17.8 Å². The van der Waals surface area contributed by atoms with Crippen LogP contribution in [0.2, 0.25) is 0 Å². The molecule has 2 unspecified atom stereocenters. The Kier molecular flexibility index (Phi) is 5.38. The van der Waals surface area contributed by atoms with E-state index >= 15 is 0 Å². The number of rotatable bonds is 4. The summed E-state index contributed by atoms with van der Waals surface area (Å²) >= 11 is 5.20. The Morgan fingerprint density at radius 1 is 1.08 bits per heavy atom. The maximum absolute atomic E-state index is 10.6. The van der Waals surface area contributed by atoms with Crippen LogP contribution in [0.4, 0.5) is 4.79 Å². The van der Waals surface area contributed by atoms with Crippen LogP contribution in [0.1, 0.15) is 34.6 Å². The standard InChI is InChI=1S/C10H19ClO2/c1-6(2)8(5)9(7(3)4)13-10(11)12/h6-9H,1-5H3. The van der Waals surface area contributed by atoms with Gasteiger partial charge < -0.3 is 4.74 Å². The van der Waals surface area contributed by atoms with Crippen LogP contribution in [0.15, 0.2) is 0 Å². The Bertz CT molecular complexity index is 166. The second-order valence-electron chi connectivity index (χ2n) is 4.17. The zero-order valence-corrected chi connectivity index (χ0v) is 9.76. The lowest BCUT2D eigenvalue weighted by molar-refractivity contribution is 0.0377. The van der Waals surface area contributed by atoms with Crippen LogP contribution in [0.5, 0.6) is 0 Å². The van der Waals surface area contributed by atoms with Crippen molar-refractivity contribution in [1.82, 2.24) is 0 Å². The summed E-state index contributed by atoms with van der Waals surface area (Å²) in [5.41, 5.74) is -0.703. The summed E-state index contributed by atoms with van der Waals surface area (Å²) in [4.78, 5) is 10.6. The molecule has 2 nitrogen and oxygen atoms in total. The van der Waals surface area contributed by atoms with Gasteiger partial charge in [0.1, 0.15) is 6.10 Å². The fraction of sp³-hybridized carbons (Fsp3) is 0.900. The minimum Gasteiger partial charge on any atom is -0.450 e. The molecule has 0 spiro atoms. The van der Waals surface area contributed by atoms with Gasteiger partial charge in [-0.25, -0.2) is 4.79 Å². The fourth-order valence-corrected chi connectivity index (χ4v) is 1.44. The van der Waals surface area contributed by atoms with Gasteiger partial charge in [0.15, 0.2) is 0 Å². The molecular formula is C10H19ClO2. The molecule has 3 heteroatoms. The van der Waals surface area contributed by atoms with Crippen LogP contribution in [-0.2, 0) is 4.74 Å². The van der Waals surface area contributed by atoms with Crippen molar-refractivity contribution in [3.63, 3.8) is 0 Å². The van der Waals surface area contributed by atoms with Crippen molar-refractivity contribution in [2.24, 2.45) is 17.8 Å². The van der Waals surface area contributed by atoms with Gasteiger partial charge >= 0.3 is 5.43 Å². The van der Waals surface area contributed by atoms with Gasteiger partial charge in [-0.1, -0.05) is 34.6 Å². The highest BCUT2D eigenvalue weighted by molar-refractivity contribution is 6.61. The smallest absolute Gasteiger partial charge is 0.404 e. The normalized spacial score (nSPS) is 16.0. The molecule has 0 heterocycles. The summed E-state index contributed by atoms with van der Waals surface area (Å²) in [6.07, 6.45) is -0.0787. The third-order valence-electron chi connectivity index (χ3n) is 2.46. The molecule has 0 aromatic rings. The minimum absolute atomic E-state index is 0.0787. The maximum atomic E-state index is 10.6. The first-order chi connectivity index (χ1) is 5.86. The number of ether oxygens (including phenoxy) is 1. The lowest BCUT2D eigenvalue weighted by Crippen LogP contribution is -2.31. The maximum Gasteiger partial charge on any atom is 0.404 e. The van der Waals surface area contributed by atoms with Gasteiger partial charge in [0.2, 0.25) is 0 Å². The first-order valence-corrected chi connectivity index (χ1v) is 5.10. The van der Waals surface area contributed by atoms with Crippen molar-refractivity contribution in [3.05, 3.63) is 0 Å². The predicted octanol–water partition coefficient (Wildman–Crippen LogP) is 3.68. The molecule has 0 fully saturated rings. The van der Waals surface area contributed by atoms with E-state index in [4.69, 9.17) is 16.3 Å². The summed E-state index contributed by atoms with van der Waals surface area (Å²) in [7, 11) is 0. The number of halogens is 1.